The van der Waals surface area contributed by atoms with Crippen molar-refractivity contribution in [3.63, 3.8) is 0 Å². The highest BCUT2D eigenvalue weighted by Gasteiger charge is 2.19. The lowest BCUT2D eigenvalue weighted by molar-refractivity contribution is -0.390. The highest BCUT2D eigenvalue weighted by atomic mass is 32.1. The number of carbonyl (C=O) groups is 1. The van der Waals surface area contributed by atoms with Gasteiger partial charge in [-0.05, 0) is 23.3 Å². The Morgan fingerprint density at radius 1 is 1.65 bits per heavy atom. The number of ketones is 1. The van der Waals surface area contributed by atoms with Crippen LogP contribution in [0.5, 0.6) is 0 Å². The number of carbonyl (C=O) groups excluding carboxylic acids is 1. The van der Waals surface area contributed by atoms with Crippen LogP contribution < -0.4 is 0 Å². The van der Waals surface area contributed by atoms with Crippen molar-refractivity contribution in [1.82, 2.24) is 9.78 Å². The summed E-state index contributed by atoms with van der Waals surface area (Å²) in [4.78, 5) is 22.4. The summed E-state index contributed by atoms with van der Waals surface area (Å²) >= 11 is 1.34. The molecule has 0 unspecified atom stereocenters. The largest absolute Gasteiger partial charge is 0.392 e. The Morgan fingerprint density at radius 3 is 2.94 bits per heavy atom. The van der Waals surface area contributed by atoms with Crippen molar-refractivity contribution in [2.45, 2.75) is 13.5 Å². The molecule has 0 atom stereocenters. The molecule has 17 heavy (non-hydrogen) atoms. The van der Waals surface area contributed by atoms with Gasteiger partial charge in [-0.3, -0.25) is 4.79 Å². The SMILES string of the molecule is Cc1cn(CC(=O)c2cccs2)nc1[N+](=O)[O-]. The molecule has 2 heterocycles. The van der Waals surface area contributed by atoms with Crippen LogP contribution in [0.3, 0.4) is 0 Å². The molecule has 0 bridgehead atoms. The molecule has 88 valence electrons. The second kappa shape index (κ2) is 4.46. The number of nitrogens with zero attached hydrogens (tertiary/aromatic N) is 3. The fourth-order valence-electron chi connectivity index (χ4n) is 1.43. The molecule has 0 fully saturated rings. The molecule has 0 saturated heterocycles. The topological polar surface area (TPSA) is 78.0 Å². The third kappa shape index (κ3) is 2.39. The summed E-state index contributed by atoms with van der Waals surface area (Å²) in [5.74, 6) is -0.304. The smallest absolute Gasteiger partial charge is 0.358 e. The predicted octanol–water partition coefficient (Wildman–Crippen LogP) is 2.04. The second-order valence-corrected chi connectivity index (χ2v) is 4.44. The molecule has 0 radical (unpaired) electrons. The lowest BCUT2D eigenvalue weighted by Crippen LogP contribution is -2.09. The van der Waals surface area contributed by atoms with Crippen LogP contribution in [-0.2, 0) is 6.54 Å². The molecular weight excluding hydrogens is 242 g/mol. The summed E-state index contributed by atoms with van der Waals surface area (Å²) in [6, 6.07) is 3.51. The van der Waals surface area contributed by atoms with E-state index >= 15 is 0 Å². The molecule has 0 spiro atoms. The zero-order valence-corrected chi connectivity index (χ0v) is 9.81. The molecule has 2 aromatic heterocycles. The zero-order valence-electron chi connectivity index (χ0n) is 8.99. The first-order chi connectivity index (χ1) is 8.08. The van der Waals surface area contributed by atoms with Crippen molar-refractivity contribution in [3.05, 3.63) is 44.3 Å². The minimum absolute atomic E-state index is 0.0230. The highest BCUT2D eigenvalue weighted by molar-refractivity contribution is 7.12. The van der Waals surface area contributed by atoms with Crippen LogP contribution in [0.4, 0.5) is 5.82 Å². The van der Waals surface area contributed by atoms with E-state index in [1.807, 2.05) is 5.38 Å². The minimum Gasteiger partial charge on any atom is -0.358 e. The maximum atomic E-state index is 11.7. The third-order valence-electron chi connectivity index (χ3n) is 2.19. The fraction of sp³-hybridized carbons (Fsp3) is 0.200. The number of aryl methyl sites for hydroxylation is 1. The molecule has 0 saturated carbocycles. The lowest BCUT2D eigenvalue weighted by atomic mass is 10.3. The van der Waals surface area contributed by atoms with Crippen LogP contribution in [0, 0.1) is 17.0 Å². The lowest BCUT2D eigenvalue weighted by Gasteiger charge is -1.93. The van der Waals surface area contributed by atoms with Crippen molar-refractivity contribution in [3.8, 4) is 0 Å². The molecule has 0 aromatic carbocycles. The Balaban J connectivity index is 2.17. The van der Waals surface area contributed by atoms with Crippen molar-refractivity contribution in [2.75, 3.05) is 0 Å². The Kier molecular flexibility index (Phi) is 3.01. The number of rotatable bonds is 4. The number of hydrogen-bond acceptors (Lipinski definition) is 5. The molecule has 0 aliphatic heterocycles. The first kappa shape index (κ1) is 11.5. The predicted molar refractivity (Wildman–Crippen MR) is 62.3 cm³/mol. The quantitative estimate of drug-likeness (QED) is 0.473. The Labute approximate surface area is 101 Å². The maximum absolute atomic E-state index is 11.7. The van der Waals surface area contributed by atoms with Crippen molar-refractivity contribution in [2.24, 2.45) is 0 Å². The Morgan fingerprint density at radius 2 is 2.41 bits per heavy atom. The summed E-state index contributed by atoms with van der Waals surface area (Å²) in [5.41, 5.74) is 0.453. The van der Waals surface area contributed by atoms with E-state index in [1.54, 1.807) is 19.1 Å². The molecule has 7 heteroatoms. The van der Waals surface area contributed by atoms with Crippen LogP contribution in [0.1, 0.15) is 15.2 Å². The van der Waals surface area contributed by atoms with E-state index in [1.165, 1.54) is 22.2 Å². The van der Waals surface area contributed by atoms with Gasteiger partial charge in [0.2, 0.25) is 0 Å². The number of hydrogen-bond donors (Lipinski definition) is 0. The van der Waals surface area contributed by atoms with Crippen molar-refractivity contribution in [1.29, 1.82) is 0 Å². The van der Waals surface area contributed by atoms with Crippen LogP contribution in [0.15, 0.2) is 23.7 Å². The van der Waals surface area contributed by atoms with E-state index < -0.39 is 4.92 Å². The van der Waals surface area contributed by atoms with Crippen LogP contribution in [0.2, 0.25) is 0 Å². The fourth-order valence-corrected chi connectivity index (χ4v) is 2.09. The van der Waals surface area contributed by atoms with E-state index in [0.29, 0.717) is 10.4 Å². The van der Waals surface area contributed by atoms with Gasteiger partial charge in [0.05, 0.1) is 21.7 Å². The monoisotopic (exact) mass is 251 g/mol. The molecule has 6 nitrogen and oxygen atoms in total. The highest BCUT2D eigenvalue weighted by Crippen LogP contribution is 2.15. The Bertz CT molecular complexity index is 559. The molecular formula is C10H9N3O3S. The molecule has 0 N–H and O–H groups in total. The number of nitro groups is 1. The minimum atomic E-state index is -0.554. The second-order valence-electron chi connectivity index (χ2n) is 3.49. The van der Waals surface area contributed by atoms with Gasteiger partial charge in [-0.15, -0.1) is 11.3 Å². The van der Waals surface area contributed by atoms with E-state index in [9.17, 15) is 14.9 Å². The summed E-state index contributed by atoms with van der Waals surface area (Å²) in [6.07, 6.45) is 1.50. The number of aromatic nitrogens is 2. The van der Waals surface area contributed by atoms with Gasteiger partial charge >= 0.3 is 5.82 Å². The summed E-state index contributed by atoms with van der Waals surface area (Å²) in [6.45, 7) is 1.62. The van der Waals surface area contributed by atoms with E-state index in [2.05, 4.69) is 5.10 Å². The first-order valence-electron chi connectivity index (χ1n) is 4.83. The van der Waals surface area contributed by atoms with Gasteiger partial charge in [0, 0.05) is 0 Å². The third-order valence-corrected chi connectivity index (χ3v) is 3.10. The van der Waals surface area contributed by atoms with Gasteiger partial charge in [-0.1, -0.05) is 6.07 Å². The average Bonchev–Trinajstić information content (AvgIpc) is 2.86. The summed E-state index contributed by atoms with van der Waals surface area (Å²) in [5, 5.41) is 16.2. The normalized spacial score (nSPS) is 10.4. The van der Waals surface area contributed by atoms with Gasteiger partial charge in [-0.25, -0.2) is 0 Å². The summed E-state index contributed by atoms with van der Waals surface area (Å²) < 4.78 is 1.30. The van der Waals surface area contributed by atoms with Gasteiger partial charge in [0.15, 0.2) is 5.78 Å². The van der Waals surface area contributed by atoms with E-state index in [-0.39, 0.29) is 18.1 Å². The number of Topliss-reactive ketones (excluding diaryl/α,β-unsaturated/α-hetero) is 1. The molecule has 0 aliphatic carbocycles. The first-order valence-corrected chi connectivity index (χ1v) is 5.71. The molecule has 2 rings (SSSR count). The number of thiophene rings is 1. The van der Waals surface area contributed by atoms with Gasteiger partial charge in [0.25, 0.3) is 0 Å². The van der Waals surface area contributed by atoms with Crippen molar-refractivity contribution < 1.29 is 9.72 Å². The van der Waals surface area contributed by atoms with Gasteiger partial charge in [-0.2, -0.15) is 4.68 Å². The average molecular weight is 251 g/mol. The van der Waals surface area contributed by atoms with Gasteiger partial charge < -0.3 is 10.1 Å². The Hall–Kier alpha value is -2.02. The van der Waals surface area contributed by atoms with Crippen LogP contribution in [0.25, 0.3) is 0 Å². The molecule has 0 aliphatic rings. The van der Waals surface area contributed by atoms with E-state index in [0.717, 1.165) is 0 Å². The van der Waals surface area contributed by atoms with Gasteiger partial charge in [0.1, 0.15) is 6.54 Å². The molecule has 0 amide bonds. The standard InChI is InChI=1S/C10H9N3O3S/c1-7-5-12(11-10(7)13(15)16)6-8(14)9-3-2-4-17-9/h2-5H,6H2,1H3. The van der Waals surface area contributed by atoms with Crippen LogP contribution in [-0.4, -0.2) is 20.5 Å². The van der Waals surface area contributed by atoms with Crippen LogP contribution >= 0.6 is 11.3 Å². The summed E-state index contributed by atoms with van der Waals surface area (Å²) in [7, 11) is 0. The zero-order chi connectivity index (χ0) is 12.4. The van der Waals surface area contributed by atoms with E-state index in [4.69, 9.17) is 0 Å². The molecule has 2 aromatic rings. The maximum Gasteiger partial charge on any atom is 0.392 e. The van der Waals surface area contributed by atoms with Crippen molar-refractivity contribution >= 4 is 22.9 Å².